The van der Waals surface area contributed by atoms with Gasteiger partial charge in [0, 0.05) is 32.4 Å². The van der Waals surface area contributed by atoms with Crippen molar-refractivity contribution in [2.24, 2.45) is 0 Å². The second-order valence-corrected chi connectivity index (χ2v) is 3.97. The molecule has 0 bridgehead atoms. The van der Waals surface area contributed by atoms with Crippen molar-refractivity contribution in [1.82, 2.24) is 9.88 Å². The molecule has 0 aliphatic carbocycles. The zero-order chi connectivity index (χ0) is 11.5. The van der Waals surface area contributed by atoms with Crippen LogP contribution >= 0.6 is 12.4 Å². The molecule has 0 radical (unpaired) electrons. The summed E-state index contributed by atoms with van der Waals surface area (Å²) in [4.78, 5) is 19.5. The molecule has 1 aliphatic heterocycles. The van der Waals surface area contributed by atoms with Crippen LogP contribution in [0.1, 0.15) is 10.4 Å². The van der Waals surface area contributed by atoms with E-state index in [9.17, 15) is 4.79 Å². The zero-order valence-electron chi connectivity index (χ0n) is 9.67. The van der Waals surface area contributed by atoms with Crippen molar-refractivity contribution in [2.45, 2.75) is 0 Å². The monoisotopic (exact) mass is 257 g/mol. The average molecular weight is 258 g/mol. The van der Waals surface area contributed by atoms with Gasteiger partial charge >= 0.3 is 5.97 Å². The van der Waals surface area contributed by atoms with Crippen LogP contribution in [0.25, 0.3) is 0 Å². The van der Waals surface area contributed by atoms with Crippen LogP contribution in [0.2, 0.25) is 0 Å². The summed E-state index contributed by atoms with van der Waals surface area (Å²) in [5.74, 6) is -0.329. The topological polar surface area (TPSA) is 56.7 Å². The van der Waals surface area contributed by atoms with Crippen molar-refractivity contribution in [3.63, 3.8) is 0 Å². The maximum Gasteiger partial charge on any atom is 0.339 e. The number of likely N-dealkylation sites (N-methyl/N-ethyl adjacent to an activating group) is 1. The summed E-state index contributed by atoms with van der Waals surface area (Å²) < 4.78 is 0. The SMILES string of the molecule is CN1CCN(c2ncccc2C(=O)O)CC1.Cl. The molecule has 1 N–H and O–H groups in total. The van der Waals surface area contributed by atoms with Crippen molar-refractivity contribution >= 4 is 24.2 Å². The van der Waals surface area contributed by atoms with Crippen molar-refractivity contribution in [2.75, 3.05) is 38.1 Å². The van der Waals surface area contributed by atoms with Gasteiger partial charge in [0.05, 0.1) is 0 Å². The fourth-order valence-corrected chi connectivity index (χ4v) is 1.83. The number of carbonyl (C=O) groups is 1. The Kier molecular flexibility index (Phi) is 4.72. The minimum Gasteiger partial charge on any atom is -0.478 e. The Bertz CT molecular complexity index is 392. The van der Waals surface area contributed by atoms with Crippen molar-refractivity contribution in [3.8, 4) is 0 Å². The van der Waals surface area contributed by atoms with E-state index in [0.717, 1.165) is 26.2 Å². The van der Waals surface area contributed by atoms with Gasteiger partial charge in [-0.25, -0.2) is 9.78 Å². The number of rotatable bonds is 2. The molecule has 2 heterocycles. The lowest BCUT2D eigenvalue weighted by atomic mass is 10.2. The van der Waals surface area contributed by atoms with Gasteiger partial charge in [-0.05, 0) is 19.2 Å². The maximum absolute atomic E-state index is 11.1. The number of hydrogen-bond donors (Lipinski definition) is 1. The largest absolute Gasteiger partial charge is 0.478 e. The third-order valence-electron chi connectivity index (χ3n) is 2.82. The number of carboxylic acid groups (broad SMARTS) is 1. The molecule has 1 aliphatic rings. The number of aromatic carboxylic acids is 1. The molecule has 1 aromatic rings. The number of pyridine rings is 1. The first-order valence-corrected chi connectivity index (χ1v) is 5.30. The molecular formula is C11H16ClN3O2. The Morgan fingerprint density at radius 3 is 2.59 bits per heavy atom. The van der Waals surface area contributed by atoms with Gasteiger partial charge < -0.3 is 14.9 Å². The van der Waals surface area contributed by atoms with E-state index in [0.29, 0.717) is 5.82 Å². The molecule has 1 fully saturated rings. The minimum atomic E-state index is -0.915. The molecule has 0 unspecified atom stereocenters. The van der Waals surface area contributed by atoms with Crippen LogP contribution in [0.3, 0.4) is 0 Å². The number of anilines is 1. The molecule has 0 amide bonds. The van der Waals surface area contributed by atoms with Gasteiger partial charge in [-0.3, -0.25) is 0 Å². The number of halogens is 1. The van der Waals surface area contributed by atoms with Gasteiger partial charge in [-0.2, -0.15) is 0 Å². The zero-order valence-corrected chi connectivity index (χ0v) is 10.5. The Labute approximate surface area is 106 Å². The normalized spacial score (nSPS) is 16.4. The van der Waals surface area contributed by atoms with Crippen molar-refractivity contribution in [3.05, 3.63) is 23.9 Å². The molecule has 17 heavy (non-hydrogen) atoms. The lowest BCUT2D eigenvalue weighted by molar-refractivity contribution is 0.0697. The summed E-state index contributed by atoms with van der Waals surface area (Å²) in [5.41, 5.74) is 0.284. The predicted molar refractivity (Wildman–Crippen MR) is 68.2 cm³/mol. The summed E-state index contributed by atoms with van der Waals surface area (Å²) in [6.45, 7) is 3.53. The van der Waals surface area contributed by atoms with Crippen LogP contribution in [0.4, 0.5) is 5.82 Å². The Morgan fingerprint density at radius 1 is 1.35 bits per heavy atom. The molecule has 1 saturated heterocycles. The smallest absolute Gasteiger partial charge is 0.339 e. The van der Waals surface area contributed by atoms with Crippen molar-refractivity contribution < 1.29 is 9.90 Å². The average Bonchev–Trinajstić information content (AvgIpc) is 2.30. The van der Waals surface area contributed by atoms with Gasteiger partial charge in [-0.15, -0.1) is 12.4 Å². The number of carboxylic acids is 1. The van der Waals surface area contributed by atoms with Gasteiger partial charge in [0.15, 0.2) is 0 Å². The van der Waals surface area contributed by atoms with E-state index in [2.05, 4.69) is 16.9 Å². The molecule has 0 saturated carbocycles. The molecule has 5 nitrogen and oxygen atoms in total. The third-order valence-corrected chi connectivity index (χ3v) is 2.82. The van der Waals surface area contributed by atoms with Crippen LogP contribution in [-0.4, -0.2) is 54.2 Å². The molecule has 0 spiro atoms. The van der Waals surface area contributed by atoms with E-state index in [4.69, 9.17) is 5.11 Å². The van der Waals surface area contributed by atoms with Gasteiger partial charge in [0.2, 0.25) is 0 Å². The molecule has 2 rings (SSSR count). The Hall–Kier alpha value is -1.33. The Morgan fingerprint density at radius 2 is 2.00 bits per heavy atom. The highest BCUT2D eigenvalue weighted by Gasteiger charge is 2.20. The molecular weight excluding hydrogens is 242 g/mol. The summed E-state index contributed by atoms with van der Waals surface area (Å²) in [5, 5.41) is 9.07. The number of nitrogens with zero attached hydrogens (tertiary/aromatic N) is 3. The van der Waals surface area contributed by atoms with Crippen LogP contribution in [0, 0.1) is 0 Å². The second-order valence-electron chi connectivity index (χ2n) is 3.97. The summed E-state index contributed by atoms with van der Waals surface area (Å²) >= 11 is 0. The molecule has 94 valence electrons. The van der Waals surface area contributed by atoms with E-state index < -0.39 is 5.97 Å². The molecule has 1 aromatic heterocycles. The second kappa shape index (κ2) is 5.84. The fourth-order valence-electron chi connectivity index (χ4n) is 1.83. The summed E-state index contributed by atoms with van der Waals surface area (Å²) in [6, 6.07) is 3.26. The predicted octanol–water partition coefficient (Wildman–Crippen LogP) is 0.953. The minimum absolute atomic E-state index is 0. The van der Waals surface area contributed by atoms with Crippen LogP contribution < -0.4 is 4.90 Å². The van der Waals surface area contributed by atoms with E-state index in [1.54, 1.807) is 18.3 Å². The van der Waals surface area contributed by atoms with E-state index in [1.807, 2.05) is 4.90 Å². The summed E-state index contributed by atoms with van der Waals surface area (Å²) in [7, 11) is 2.06. The van der Waals surface area contributed by atoms with E-state index >= 15 is 0 Å². The standard InChI is InChI=1S/C11H15N3O2.ClH/c1-13-5-7-14(8-6-13)10-9(11(15)16)3-2-4-12-10;/h2-4H,5-8H2,1H3,(H,15,16);1H. The lowest BCUT2D eigenvalue weighted by Gasteiger charge is -2.33. The first-order chi connectivity index (χ1) is 7.68. The number of hydrogen-bond acceptors (Lipinski definition) is 4. The van der Waals surface area contributed by atoms with E-state index in [-0.39, 0.29) is 18.0 Å². The third kappa shape index (κ3) is 3.08. The maximum atomic E-state index is 11.1. The fraction of sp³-hybridized carbons (Fsp3) is 0.455. The molecule has 0 aromatic carbocycles. The quantitative estimate of drug-likeness (QED) is 0.855. The van der Waals surface area contributed by atoms with Gasteiger partial charge in [-0.1, -0.05) is 0 Å². The van der Waals surface area contributed by atoms with Gasteiger partial charge in [0.1, 0.15) is 11.4 Å². The first-order valence-electron chi connectivity index (χ1n) is 5.30. The highest BCUT2D eigenvalue weighted by molar-refractivity contribution is 5.93. The summed E-state index contributed by atoms with van der Waals surface area (Å²) in [6.07, 6.45) is 1.64. The molecule has 0 atom stereocenters. The van der Waals surface area contributed by atoms with Crippen molar-refractivity contribution in [1.29, 1.82) is 0 Å². The first kappa shape index (κ1) is 13.7. The van der Waals surface area contributed by atoms with E-state index in [1.165, 1.54) is 0 Å². The molecule has 6 heteroatoms. The number of aromatic nitrogens is 1. The number of piperazine rings is 1. The lowest BCUT2D eigenvalue weighted by Crippen LogP contribution is -2.45. The van der Waals surface area contributed by atoms with Gasteiger partial charge in [0.25, 0.3) is 0 Å². The highest BCUT2D eigenvalue weighted by atomic mass is 35.5. The van der Waals surface area contributed by atoms with Crippen LogP contribution in [0.5, 0.6) is 0 Å². The highest BCUT2D eigenvalue weighted by Crippen LogP contribution is 2.18. The van der Waals surface area contributed by atoms with Crippen LogP contribution in [0.15, 0.2) is 18.3 Å². The Balaban J connectivity index is 0.00000144. The van der Waals surface area contributed by atoms with Crippen LogP contribution in [-0.2, 0) is 0 Å².